The molecule has 0 saturated heterocycles. The lowest BCUT2D eigenvalue weighted by Gasteiger charge is -2.08. The van der Waals surface area contributed by atoms with Crippen LogP contribution in [0.1, 0.15) is 21.5 Å². The summed E-state index contributed by atoms with van der Waals surface area (Å²) in [4.78, 5) is 24.0. The quantitative estimate of drug-likeness (QED) is 0.624. The zero-order valence-electron chi connectivity index (χ0n) is 15.5. The van der Waals surface area contributed by atoms with E-state index in [1.54, 1.807) is 48.5 Å². The molecule has 0 spiro atoms. The first-order valence-electron chi connectivity index (χ1n) is 8.90. The monoisotopic (exact) mass is 386 g/mol. The molecule has 144 valence electrons. The average molecular weight is 386 g/mol. The molecule has 6 nitrogen and oxygen atoms in total. The highest BCUT2D eigenvalue weighted by Crippen LogP contribution is 2.21. The van der Waals surface area contributed by atoms with Gasteiger partial charge in [-0.1, -0.05) is 30.3 Å². The van der Waals surface area contributed by atoms with Crippen LogP contribution in [-0.4, -0.2) is 18.4 Å². The Morgan fingerprint density at radius 2 is 1.52 bits per heavy atom. The van der Waals surface area contributed by atoms with Crippen molar-refractivity contribution in [3.8, 4) is 17.6 Å². The van der Waals surface area contributed by atoms with E-state index in [0.717, 1.165) is 5.56 Å². The predicted molar refractivity (Wildman–Crippen MR) is 106 cm³/mol. The summed E-state index contributed by atoms with van der Waals surface area (Å²) >= 11 is 0. The summed E-state index contributed by atoms with van der Waals surface area (Å²) in [5, 5.41) is 11.3. The lowest BCUT2D eigenvalue weighted by molar-refractivity contribution is -0.143. The molecule has 0 aromatic heterocycles. The van der Waals surface area contributed by atoms with E-state index in [-0.39, 0.29) is 19.1 Å². The molecule has 1 N–H and O–H groups in total. The Labute approximate surface area is 168 Å². The van der Waals surface area contributed by atoms with Crippen molar-refractivity contribution < 1.29 is 19.1 Å². The second-order valence-electron chi connectivity index (χ2n) is 6.09. The highest BCUT2D eigenvalue weighted by molar-refractivity contribution is 5.96. The van der Waals surface area contributed by atoms with E-state index in [9.17, 15) is 9.59 Å². The molecule has 0 heterocycles. The van der Waals surface area contributed by atoms with Crippen molar-refractivity contribution in [2.24, 2.45) is 0 Å². The Morgan fingerprint density at radius 1 is 0.862 bits per heavy atom. The molecule has 3 rings (SSSR count). The van der Waals surface area contributed by atoms with Gasteiger partial charge in [-0.2, -0.15) is 5.26 Å². The molecule has 0 radical (unpaired) electrons. The molecule has 0 aliphatic heterocycles. The van der Waals surface area contributed by atoms with Crippen LogP contribution in [0, 0.1) is 11.3 Å². The molecule has 0 aliphatic rings. The maximum absolute atomic E-state index is 12.2. The number of nitrogens with one attached hydrogen (secondary N) is 1. The van der Waals surface area contributed by atoms with Gasteiger partial charge in [-0.15, -0.1) is 0 Å². The molecule has 0 fully saturated rings. The smallest absolute Gasteiger partial charge is 0.325 e. The van der Waals surface area contributed by atoms with E-state index in [0.29, 0.717) is 22.6 Å². The van der Waals surface area contributed by atoms with E-state index in [1.807, 2.05) is 36.4 Å². The van der Waals surface area contributed by atoms with Gasteiger partial charge in [-0.3, -0.25) is 9.59 Å². The summed E-state index contributed by atoms with van der Waals surface area (Å²) in [5.41, 5.74) is 1.70. The Hall–Kier alpha value is -4.11. The fourth-order valence-corrected chi connectivity index (χ4v) is 2.44. The first-order valence-corrected chi connectivity index (χ1v) is 8.90. The van der Waals surface area contributed by atoms with Gasteiger partial charge < -0.3 is 14.8 Å². The lowest BCUT2D eigenvalue weighted by Crippen LogP contribution is -2.30. The van der Waals surface area contributed by atoms with Crippen molar-refractivity contribution in [1.29, 1.82) is 5.26 Å². The van der Waals surface area contributed by atoms with Crippen molar-refractivity contribution in [2.75, 3.05) is 6.54 Å². The summed E-state index contributed by atoms with van der Waals surface area (Å²) in [6.07, 6.45) is 0. The SMILES string of the molecule is N#Cc1ccc(COC(=O)CNC(=O)c2ccc(Oc3ccccc3)cc2)cc1. The summed E-state index contributed by atoms with van der Waals surface area (Å²) in [6, 6.07) is 24.7. The largest absolute Gasteiger partial charge is 0.460 e. The molecule has 3 aromatic rings. The number of esters is 1. The highest BCUT2D eigenvalue weighted by atomic mass is 16.5. The topological polar surface area (TPSA) is 88.4 Å². The van der Waals surface area contributed by atoms with Crippen LogP contribution < -0.4 is 10.1 Å². The maximum atomic E-state index is 12.2. The number of benzene rings is 3. The van der Waals surface area contributed by atoms with Gasteiger partial charge in [0.2, 0.25) is 0 Å². The standard InChI is InChI=1S/C23H18N2O4/c24-14-17-6-8-18(9-7-17)16-28-22(26)15-25-23(27)19-10-12-21(13-11-19)29-20-4-2-1-3-5-20/h1-13H,15-16H2,(H,25,27). The summed E-state index contributed by atoms with van der Waals surface area (Å²) in [5.74, 6) is 0.377. The van der Waals surface area contributed by atoms with E-state index in [2.05, 4.69) is 5.32 Å². The van der Waals surface area contributed by atoms with Crippen LogP contribution in [0.2, 0.25) is 0 Å². The second kappa shape index (κ2) is 9.72. The van der Waals surface area contributed by atoms with Gasteiger partial charge in [-0.05, 0) is 54.1 Å². The van der Waals surface area contributed by atoms with Crippen LogP contribution in [0.15, 0.2) is 78.9 Å². The third-order valence-electron chi connectivity index (χ3n) is 3.97. The number of ether oxygens (including phenoxy) is 2. The molecule has 0 unspecified atom stereocenters. The van der Waals surface area contributed by atoms with Crippen LogP contribution in [-0.2, 0) is 16.1 Å². The fourth-order valence-electron chi connectivity index (χ4n) is 2.44. The van der Waals surface area contributed by atoms with Gasteiger partial charge in [0, 0.05) is 5.56 Å². The lowest BCUT2D eigenvalue weighted by atomic mass is 10.2. The fraction of sp³-hybridized carbons (Fsp3) is 0.0870. The number of rotatable bonds is 7. The van der Waals surface area contributed by atoms with E-state index in [4.69, 9.17) is 14.7 Å². The minimum Gasteiger partial charge on any atom is -0.460 e. The Kier molecular flexibility index (Phi) is 6.58. The number of nitriles is 1. The second-order valence-corrected chi connectivity index (χ2v) is 6.09. The summed E-state index contributed by atoms with van der Waals surface area (Å²) in [7, 11) is 0. The first kappa shape index (κ1) is 19.6. The summed E-state index contributed by atoms with van der Waals surface area (Å²) < 4.78 is 10.8. The van der Waals surface area contributed by atoms with Crippen LogP contribution in [0.5, 0.6) is 11.5 Å². The summed E-state index contributed by atoms with van der Waals surface area (Å²) in [6.45, 7) is -0.163. The molecule has 0 aliphatic carbocycles. The Morgan fingerprint density at radius 3 is 2.17 bits per heavy atom. The number of hydrogen-bond acceptors (Lipinski definition) is 5. The molecule has 0 atom stereocenters. The molecule has 0 bridgehead atoms. The molecule has 0 saturated carbocycles. The van der Waals surface area contributed by atoms with Crippen LogP contribution in [0.25, 0.3) is 0 Å². The van der Waals surface area contributed by atoms with Crippen molar-refractivity contribution in [3.63, 3.8) is 0 Å². The van der Waals surface area contributed by atoms with Crippen LogP contribution in [0.3, 0.4) is 0 Å². The number of nitrogens with zero attached hydrogens (tertiary/aromatic N) is 1. The predicted octanol–water partition coefficient (Wildman–Crippen LogP) is 3.82. The minimum atomic E-state index is -0.549. The van der Waals surface area contributed by atoms with Gasteiger partial charge in [-0.25, -0.2) is 0 Å². The number of carbonyl (C=O) groups is 2. The molecular formula is C23H18N2O4. The van der Waals surface area contributed by atoms with E-state index >= 15 is 0 Å². The van der Waals surface area contributed by atoms with Gasteiger partial charge in [0.15, 0.2) is 0 Å². The molecule has 1 amide bonds. The zero-order valence-corrected chi connectivity index (χ0v) is 15.5. The van der Waals surface area contributed by atoms with Crippen molar-refractivity contribution in [3.05, 3.63) is 95.6 Å². The average Bonchev–Trinajstić information content (AvgIpc) is 2.77. The molecular weight excluding hydrogens is 368 g/mol. The first-order chi connectivity index (χ1) is 14.1. The molecule has 3 aromatic carbocycles. The van der Waals surface area contributed by atoms with E-state index in [1.165, 1.54) is 0 Å². The Balaban J connectivity index is 1.44. The molecule has 29 heavy (non-hydrogen) atoms. The zero-order chi connectivity index (χ0) is 20.5. The molecule has 6 heteroatoms. The third-order valence-corrected chi connectivity index (χ3v) is 3.97. The van der Waals surface area contributed by atoms with Gasteiger partial charge in [0.1, 0.15) is 24.7 Å². The maximum Gasteiger partial charge on any atom is 0.325 e. The number of amides is 1. The highest BCUT2D eigenvalue weighted by Gasteiger charge is 2.09. The number of hydrogen-bond donors (Lipinski definition) is 1. The van der Waals surface area contributed by atoms with Crippen molar-refractivity contribution >= 4 is 11.9 Å². The third kappa shape index (κ3) is 5.94. The van der Waals surface area contributed by atoms with E-state index < -0.39 is 5.97 Å². The Bertz CT molecular complexity index is 1010. The van der Waals surface area contributed by atoms with Crippen molar-refractivity contribution in [2.45, 2.75) is 6.61 Å². The van der Waals surface area contributed by atoms with Gasteiger partial charge in [0.05, 0.1) is 11.6 Å². The van der Waals surface area contributed by atoms with Gasteiger partial charge in [0.25, 0.3) is 5.91 Å². The number of para-hydroxylation sites is 1. The van der Waals surface area contributed by atoms with Crippen molar-refractivity contribution in [1.82, 2.24) is 5.32 Å². The van der Waals surface area contributed by atoms with Crippen LogP contribution in [0.4, 0.5) is 0 Å². The normalized spacial score (nSPS) is 9.90. The minimum absolute atomic E-state index is 0.0753. The van der Waals surface area contributed by atoms with Gasteiger partial charge >= 0.3 is 5.97 Å². The number of carbonyl (C=O) groups excluding carboxylic acids is 2. The van der Waals surface area contributed by atoms with Crippen LogP contribution >= 0.6 is 0 Å².